The van der Waals surface area contributed by atoms with Gasteiger partial charge in [0.1, 0.15) is 12.4 Å². The number of rotatable bonds is 8. The molecule has 0 bridgehead atoms. The van der Waals surface area contributed by atoms with Crippen LogP contribution in [0.1, 0.15) is 69.4 Å². The van der Waals surface area contributed by atoms with E-state index in [-0.39, 0.29) is 11.9 Å². The lowest BCUT2D eigenvalue weighted by molar-refractivity contribution is -0.145. The van der Waals surface area contributed by atoms with Crippen LogP contribution in [-0.2, 0) is 27.4 Å². The molecule has 1 fully saturated rings. The Morgan fingerprint density at radius 1 is 1.17 bits per heavy atom. The molecule has 1 saturated carbocycles. The van der Waals surface area contributed by atoms with E-state index in [0.717, 1.165) is 56.9 Å². The van der Waals surface area contributed by atoms with Gasteiger partial charge in [-0.2, -0.15) is 0 Å². The molecule has 1 atom stereocenters. The third-order valence-corrected chi connectivity index (χ3v) is 4.58. The second kappa shape index (κ2) is 9.49. The Kier molecular flexibility index (Phi) is 7.31. The molecule has 0 saturated heterocycles. The highest BCUT2D eigenvalue weighted by atomic mass is 16.5. The molecule has 0 spiro atoms. The lowest BCUT2D eigenvalue weighted by Gasteiger charge is -2.19. The average Bonchev–Trinajstić information content (AvgIpc) is 2.56. The zero-order valence-electron chi connectivity index (χ0n) is 14.2. The van der Waals surface area contributed by atoms with Crippen LogP contribution in [0.3, 0.4) is 0 Å². The molecule has 0 aromatic heterocycles. The molecule has 126 valence electrons. The smallest absolute Gasteiger partial charge is 0.306 e. The molecule has 3 heteroatoms. The summed E-state index contributed by atoms with van der Waals surface area (Å²) in [7, 11) is 0. The number of ether oxygens (including phenoxy) is 1. The molecular formula is C20H28O3. The quantitative estimate of drug-likeness (QED) is 0.658. The largest absolute Gasteiger partial charge is 0.461 e. The molecule has 0 radical (unpaired) electrons. The second-order valence-electron chi connectivity index (χ2n) is 6.53. The van der Waals surface area contributed by atoms with E-state index in [0.29, 0.717) is 18.8 Å². The number of carbonyl (C=O) groups excluding carboxylic acids is 2. The van der Waals surface area contributed by atoms with Crippen molar-refractivity contribution in [2.75, 3.05) is 0 Å². The van der Waals surface area contributed by atoms with Crippen molar-refractivity contribution in [2.45, 2.75) is 71.3 Å². The molecule has 1 aromatic carbocycles. The maximum absolute atomic E-state index is 11.8. The van der Waals surface area contributed by atoms with E-state index in [9.17, 15) is 9.59 Å². The number of hydrogen-bond donors (Lipinski definition) is 0. The molecule has 3 nitrogen and oxygen atoms in total. The van der Waals surface area contributed by atoms with E-state index in [1.54, 1.807) is 0 Å². The van der Waals surface area contributed by atoms with Gasteiger partial charge in [-0.1, -0.05) is 44.0 Å². The molecule has 23 heavy (non-hydrogen) atoms. The fourth-order valence-corrected chi connectivity index (χ4v) is 3.18. The SMILES string of the molecule is CCCc1ccc(COC(=O)CCC[C@H]2CCCCC2=O)cc1. The zero-order valence-corrected chi connectivity index (χ0v) is 14.2. The highest BCUT2D eigenvalue weighted by molar-refractivity contribution is 5.81. The summed E-state index contributed by atoms with van der Waals surface area (Å²) in [4.78, 5) is 23.5. The summed E-state index contributed by atoms with van der Waals surface area (Å²) >= 11 is 0. The predicted octanol–water partition coefficient (Wildman–Crippen LogP) is 4.61. The van der Waals surface area contributed by atoms with Crippen LogP contribution in [0.4, 0.5) is 0 Å². The lowest BCUT2D eigenvalue weighted by atomic mass is 9.84. The molecule has 1 aromatic rings. The van der Waals surface area contributed by atoms with Crippen LogP contribution >= 0.6 is 0 Å². The molecular weight excluding hydrogens is 288 g/mol. The first-order valence-corrected chi connectivity index (χ1v) is 8.95. The number of Topliss-reactive ketones (excluding diaryl/α,β-unsaturated/α-hetero) is 1. The van der Waals surface area contributed by atoms with Gasteiger partial charge < -0.3 is 4.74 Å². The molecule has 0 aliphatic heterocycles. The maximum Gasteiger partial charge on any atom is 0.306 e. The highest BCUT2D eigenvalue weighted by Gasteiger charge is 2.21. The van der Waals surface area contributed by atoms with Crippen LogP contribution < -0.4 is 0 Å². The summed E-state index contributed by atoms with van der Waals surface area (Å²) in [5.74, 6) is 0.408. The first-order chi connectivity index (χ1) is 11.2. The van der Waals surface area contributed by atoms with Crippen LogP contribution in [0.25, 0.3) is 0 Å². The molecule has 0 unspecified atom stereocenters. The number of aryl methyl sites for hydroxylation is 1. The minimum absolute atomic E-state index is 0.161. The summed E-state index contributed by atoms with van der Waals surface area (Å²) in [5.41, 5.74) is 2.35. The third-order valence-electron chi connectivity index (χ3n) is 4.58. The predicted molar refractivity (Wildman–Crippen MR) is 91.0 cm³/mol. The molecule has 0 N–H and O–H groups in total. The Morgan fingerprint density at radius 3 is 2.61 bits per heavy atom. The number of hydrogen-bond acceptors (Lipinski definition) is 3. The number of ketones is 1. The molecule has 1 aliphatic rings. The fourth-order valence-electron chi connectivity index (χ4n) is 3.18. The van der Waals surface area contributed by atoms with Crippen LogP contribution in [0.15, 0.2) is 24.3 Å². The molecule has 0 heterocycles. The average molecular weight is 316 g/mol. The van der Waals surface area contributed by atoms with Crippen molar-refractivity contribution in [3.8, 4) is 0 Å². The van der Waals surface area contributed by atoms with Crippen molar-refractivity contribution in [2.24, 2.45) is 5.92 Å². The number of esters is 1. The summed E-state index contributed by atoms with van der Waals surface area (Å²) in [6.45, 7) is 2.50. The van der Waals surface area contributed by atoms with Gasteiger partial charge in [-0.25, -0.2) is 0 Å². The third kappa shape index (κ3) is 6.17. The van der Waals surface area contributed by atoms with Gasteiger partial charge in [-0.05, 0) is 43.2 Å². The van der Waals surface area contributed by atoms with Gasteiger partial charge in [0.05, 0.1) is 0 Å². The van der Waals surface area contributed by atoms with Crippen molar-refractivity contribution in [3.05, 3.63) is 35.4 Å². The van der Waals surface area contributed by atoms with E-state index in [1.807, 2.05) is 12.1 Å². The summed E-state index contributed by atoms with van der Waals surface area (Å²) in [5, 5.41) is 0. The van der Waals surface area contributed by atoms with E-state index in [2.05, 4.69) is 19.1 Å². The maximum atomic E-state index is 11.8. The van der Waals surface area contributed by atoms with Gasteiger partial charge in [-0.3, -0.25) is 9.59 Å². The van der Waals surface area contributed by atoms with Crippen LogP contribution in [-0.4, -0.2) is 11.8 Å². The van der Waals surface area contributed by atoms with Crippen molar-refractivity contribution in [1.29, 1.82) is 0 Å². The normalized spacial score (nSPS) is 18.0. The van der Waals surface area contributed by atoms with Gasteiger partial charge in [-0.15, -0.1) is 0 Å². The first kappa shape index (κ1) is 17.7. The fraction of sp³-hybridized carbons (Fsp3) is 0.600. The number of carbonyl (C=O) groups is 2. The summed E-state index contributed by atoms with van der Waals surface area (Å²) < 4.78 is 5.32. The standard InChI is InChI=1S/C20H28O3/c1-2-6-16-11-13-17(14-12-16)15-23-20(22)10-5-8-18-7-3-4-9-19(18)21/h11-14,18H,2-10,15H2,1H3/t18-/m1/s1. The topological polar surface area (TPSA) is 43.4 Å². The Balaban J connectivity index is 1.63. The minimum Gasteiger partial charge on any atom is -0.461 e. The summed E-state index contributed by atoms with van der Waals surface area (Å²) in [6.07, 6.45) is 8.13. The van der Waals surface area contributed by atoms with E-state index in [1.165, 1.54) is 5.56 Å². The zero-order chi connectivity index (χ0) is 16.5. The van der Waals surface area contributed by atoms with E-state index in [4.69, 9.17) is 4.74 Å². The Morgan fingerprint density at radius 2 is 1.91 bits per heavy atom. The Bertz CT molecular complexity index is 504. The monoisotopic (exact) mass is 316 g/mol. The number of benzene rings is 1. The minimum atomic E-state index is -0.161. The highest BCUT2D eigenvalue weighted by Crippen LogP contribution is 2.25. The second-order valence-corrected chi connectivity index (χ2v) is 6.53. The van der Waals surface area contributed by atoms with Gasteiger partial charge in [0.15, 0.2) is 0 Å². The van der Waals surface area contributed by atoms with Gasteiger partial charge >= 0.3 is 5.97 Å². The van der Waals surface area contributed by atoms with Crippen molar-refractivity contribution < 1.29 is 14.3 Å². The molecule has 1 aliphatic carbocycles. The Labute approximate surface area is 139 Å². The van der Waals surface area contributed by atoms with Gasteiger partial charge in [0, 0.05) is 18.8 Å². The van der Waals surface area contributed by atoms with E-state index >= 15 is 0 Å². The van der Waals surface area contributed by atoms with Crippen LogP contribution in [0.5, 0.6) is 0 Å². The van der Waals surface area contributed by atoms with Crippen molar-refractivity contribution in [3.63, 3.8) is 0 Å². The van der Waals surface area contributed by atoms with Gasteiger partial charge in [0.25, 0.3) is 0 Å². The summed E-state index contributed by atoms with van der Waals surface area (Å²) in [6, 6.07) is 8.25. The van der Waals surface area contributed by atoms with Gasteiger partial charge in [0.2, 0.25) is 0 Å². The first-order valence-electron chi connectivity index (χ1n) is 8.95. The molecule has 0 amide bonds. The Hall–Kier alpha value is -1.64. The van der Waals surface area contributed by atoms with Crippen molar-refractivity contribution in [1.82, 2.24) is 0 Å². The van der Waals surface area contributed by atoms with Crippen molar-refractivity contribution >= 4 is 11.8 Å². The lowest BCUT2D eigenvalue weighted by Crippen LogP contribution is -2.19. The van der Waals surface area contributed by atoms with E-state index < -0.39 is 0 Å². The van der Waals surface area contributed by atoms with Crippen LogP contribution in [0, 0.1) is 5.92 Å². The molecule has 2 rings (SSSR count). The van der Waals surface area contributed by atoms with Crippen LogP contribution in [0.2, 0.25) is 0 Å².